The highest BCUT2D eigenvalue weighted by Gasteiger charge is 2.27. The molecule has 1 atom stereocenters. The number of benzene rings is 1. The van der Waals surface area contributed by atoms with Crippen LogP contribution < -0.4 is 5.32 Å². The quantitative estimate of drug-likeness (QED) is 0.190. The molecule has 1 N–H and O–H groups in total. The van der Waals surface area contributed by atoms with Gasteiger partial charge in [-0.2, -0.15) is 0 Å². The van der Waals surface area contributed by atoms with E-state index in [0.717, 1.165) is 69.6 Å². The molecule has 0 aromatic heterocycles. The summed E-state index contributed by atoms with van der Waals surface area (Å²) in [4.78, 5) is 25.3. The van der Waals surface area contributed by atoms with Crippen molar-refractivity contribution in [2.24, 2.45) is 5.92 Å². The first-order chi connectivity index (χ1) is 16.5. The Morgan fingerprint density at radius 3 is 1.91 bits per heavy atom. The number of nitrogens with one attached hydrogen (secondary N) is 1. The normalized spacial score (nSPS) is 12.5. The first-order valence-electron chi connectivity index (χ1n) is 13.1. The van der Waals surface area contributed by atoms with E-state index in [1.165, 1.54) is 12.8 Å². The van der Waals surface area contributed by atoms with Gasteiger partial charge in [0, 0.05) is 12.5 Å². The van der Waals surface area contributed by atoms with Crippen LogP contribution >= 0.6 is 0 Å². The summed E-state index contributed by atoms with van der Waals surface area (Å²) >= 11 is 0. The monoisotopic (exact) mass is 497 g/mol. The smallest absolute Gasteiger partial charge is 0.408 e. The van der Waals surface area contributed by atoms with Gasteiger partial charge in [0.05, 0.1) is 6.61 Å². The van der Waals surface area contributed by atoms with Crippen LogP contribution in [0.25, 0.3) is 0 Å². The van der Waals surface area contributed by atoms with Gasteiger partial charge in [0.15, 0.2) is 0 Å². The molecule has 0 aliphatic heterocycles. The van der Waals surface area contributed by atoms with Gasteiger partial charge in [0.2, 0.25) is 0 Å². The number of hydrogen-bond acceptors (Lipinski definition) is 4. The van der Waals surface area contributed by atoms with E-state index in [1.54, 1.807) is 20.8 Å². The first-order valence-corrected chi connectivity index (χ1v) is 13.1. The summed E-state index contributed by atoms with van der Waals surface area (Å²) in [6, 6.07) is 1.93. The number of esters is 1. The van der Waals surface area contributed by atoms with Crippen LogP contribution in [0.1, 0.15) is 104 Å². The number of rotatable bonds is 16. The third-order valence-electron chi connectivity index (χ3n) is 5.73. The van der Waals surface area contributed by atoms with Gasteiger partial charge in [-0.1, -0.05) is 65.2 Å². The molecular weight excluding hydrogens is 452 g/mol. The Bertz CT molecular complexity index is 732. The SMILES string of the molecule is CCCCCCC(CCCCCC)COC(=O)[C@H](Cc1cc(F)cc(F)c1)NC(=O)OC(C)(C)C. The minimum absolute atomic E-state index is 0.107. The molecule has 0 aliphatic rings. The summed E-state index contributed by atoms with van der Waals surface area (Å²) in [6.45, 7) is 9.75. The first kappa shape index (κ1) is 30.9. The average Bonchev–Trinajstić information content (AvgIpc) is 2.74. The molecule has 5 nitrogen and oxygen atoms in total. The van der Waals surface area contributed by atoms with E-state index in [4.69, 9.17) is 9.47 Å². The molecule has 0 heterocycles. The predicted octanol–water partition coefficient (Wildman–Crippen LogP) is 7.50. The fraction of sp³-hybridized carbons (Fsp3) is 0.714. The Morgan fingerprint density at radius 2 is 1.43 bits per heavy atom. The number of carbonyl (C=O) groups is 2. The molecule has 0 spiro atoms. The molecule has 0 saturated carbocycles. The highest BCUT2D eigenvalue weighted by atomic mass is 19.1. The fourth-order valence-corrected chi connectivity index (χ4v) is 3.94. The predicted molar refractivity (Wildman–Crippen MR) is 135 cm³/mol. The van der Waals surface area contributed by atoms with Gasteiger partial charge in [0.1, 0.15) is 23.3 Å². The van der Waals surface area contributed by atoms with E-state index in [0.29, 0.717) is 0 Å². The van der Waals surface area contributed by atoms with Crippen LogP contribution in [0.4, 0.5) is 13.6 Å². The Balaban J connectivity index is 2.85. The summed E-state index contributed by atoms with van der Waals surface area (Å²) in [5, 5.41) is 2.52. The van der Waals surface area contributed by atoms with Gasteiger partial charge in [-0.15, -0.1) is 0 Å². The lowest BCUT2D eigenvalue weighted by molar-refractivity contribution is -0.147. The minimum atomic E-state index is -1.12. The van der Waals surface area contributed by atoms with Gasteiger partial charge < -0.3 is 14.8 Å². The van der Waals surface area contributed by atoms with E-state index < -0.39 is 35.3 Å². The third-order valence-corrected chi connectivity index (χ3v) is 5.73. The van der Waals surface area contributed by atoms with Crippen molar-refractivity contribution in [2.45, 2.75) is 117 Å². The lowest BCUT2D eigenvalue weighted by atomic mass is 9.95. The maximum Gasteiger partial charge on any atom is 0.408 e. The maximum absolute atomic E-state index is 13.7. The number of unbranched alkanes of at least 4 members (excludes halogenated alkanes) is 6. The van der Waals surface area contributed by atoms with Gasteiger partial charge in [-0.05, 0) is 57.2 Å². The molecule has 200 valence electrons. The molecule has 1 aromatic carbocycles. The largest absolute Gasteiger partial charge is 0.464 e. The lowest BCUT2D eigenvalue weighted by Gasteiger charge is -2.24. The number of amides is 1. The zero-order valence-electron chi connectivity index (χ0n) is 22.3. The Hall–Kier alpha value is -2.18. The molecule has 1 aromatic rings. The molecule has 35 heavy (non-hydrogen) atoms. The summed E-state index contributed by atoms with van der Waals surface area (Å²) in [5.74, 6) is -1.87. The van der Waals surface area contributed by atoms with Crippen molar-refractivity contribution in [2.75, 3.05) is 6.61 Å². The van der Waals surface area contributed by atoms with Gasteiger partial charge >= 0.3 is 12.1 Å². The molecule has 7 heteroatoms. The second-order valence-corrected chi connectivity index (χ2v) is 10.4. The Kier molecular flexibility index (Phi) is 14.5. The standard InChI is InChI=1S/C28H45F2NO4/c1-6-8-10-12-14-21(15-13-11-9-7-2)20-34-26(32)25(31-27(33)35-28(3,4)5)18-22-16-23(29)19-24(30)17-22/h16-17,19,21,25H,6-15,18,20H2,1-5H3,(H,31,33)/t25-/m0/s1. The molecule has 1 rings (SSSR count). The van der Waals surface area contributed by atoms with Gasteiger partial charge in [-0.3, -0.25) is 0 Å². The topological polar surface area (TPSA) is 64.6 Å². The number of alkyl carbamates (subject to hydrolysis) is 1. The Labute approximate surface area is 210 Å². The van der Waals surface area contributed by atoms with Crippen LogP contribution in [-0.4, -0.2) is 30.3 Å². The number of carbonyl (C=O) groups excluding carboxylic acids is 2. The molecule has 1 amide bonds. The van der Waals surface area contributed by atoms with E-state index >= 15 is 0 Å². The van der Waals surface area contributed by atoms with Crippen LogP contribution in [0.5, 0.6) is 0 Å². The van der Waals surface area contributed by atoms with Crippen LogP contribution in [0.3, 0.4) is 0 Å². The zero-order valence-corrected chi connectivity index (χ0v) is 22.3. The summed E-state index contributed by atoms with van der Waals surface area (Å²) in [7, 11) is 0. The molecular formula is C28H45F2NO4. The molecule has 0 radical (unpaired) electrons. The number of ether oxygens (including phenoxy) is 2. The van der Waals surface area contributed by atoms with E-state index in [-0.39, 0.29) is 24.5 Å². The van der Waals surface area contributed by atoms with Crippen molar-refractivity contribution < 1.29 is 27.8 Å². The molecule has 0 bridgehead atoms. The van der Waals surface area contributed by atoms with E-state index in [9.17, 15) is 18.4 Å². The second-order valence-electron chi connectivity index (χ2n) is 10.4. The van der Waals surface area contributed by atoms with Crippen molar-refractivity contribution in [3.05, 3.63) is 35.4 Å². The second kappa shape index (κ2) is 16.5. The highest BCUT2D eigenvalue weighted by Crippen LogP contribution is 2.20. The summed E-state index contributed by atoms with van der Waals surface area (Å²) in [6.07, 6.45) is 10.3. The van der Waals surface area contributed by atoms with Crippen molar-refractivity contribution in [3.8, 4) is 0 Å². The lowest BCUT2D eigenvalue weighted by Crippen LogP contribution is -2.45. The van der Waals surface area contributed by atoms with Crippen LogP contribution in [0, 0.1) is 17.6 Å². The number of hydrogen-bond donors (Lipinski definition) is 1. The minimum Gasteiger partial charge on any atom is -0.464 e. The molecule has 0 unspecified atom stereocenters. The fourth-order valence-electron chi connectivity index (χ4n) is 3.94. The molecule has 0 aliphatic carbocycles. The third kappa shape index (κ3) is 14.7. The van der Waals surface area contributed by atoms with Gasteiger partial charge in [-0.25, -0.2) is 18.4 Å². The zero-order chi connectivity index (χ0) is 26.3. The number of halogens is 2. The van der Waals surface area contributed by atoms with Crippen LogP contribution in [0.15, 0.2) is 18.2 Å². The maximum atomic E-state index is 13.7. The van der Waals surface area contributed by atoms with Gasteiger partial charge in [0.25, 0.3) is 0 Å². The summed E-state index contributed by atoms with van der Waals surface area (Å²) < 4.78 is 38.3. The van der Waals surface area contributed by atoms with Crippen molar-refractivity contribution >= 4 is 12.1 Å². The molecule has 0 saturated heterocycles. The average molecular weight is 498 g/mol. The highest BCUT2D eigenvalue weighted by molar-refractivity contribution is 5.81. The van der Waals surface area contributed by atoms with Crippen LogP contribution in [-0.2, 0) is 20.7 Å². The van der Waals surface area contributed by atoms with Crippen molar-refractivity contribution in [1.29, 1.82) is 0 Å². The van der Waals surface area contributed by atoms with Crippen molar-refractivity contribution in [3.63, 3.8) is 0 Å². The van der Waals surface area contributed by atoms with E-state index in [1.807, 2.05) is 0 Å². The van der Waals surface area contributed by atoms with Crippen molar-refractivity contribution in [1.82, 2.24) is 5.32 Å². The molecule has 0 fully saturated rings. The van der Waals surface area contributed by atoms with Crippen LogP contribution in [0.2, 0.25) is 0 Å². The van der Waals surface area contributed by atoms with E-state index in [2.05, 4.69) is 19.2 Å². The Morgan fingerprint density at radius 1 is 0.886 bits per heavy atom. The summed E-state index contributed by atoms with van der Waals surface area (Å²) in [5.41, 5.74) is -0.512.